The van der Waals surface area contributed by atoms with Gasteiger partial charge in [0.15, 0.2) is 0 Å². The van der Waals surface area contributed by atoms with Crippen molar-refractivity contribution in [2.45, 2.75) is 6.42 Å². The molecule has 2 aromatic rings. The minimum Gasteiger partial charge on any atom is -0.337 e. The third-order valence-electron chi connectivity index (χ3n) is 4.55. The Kier molecular flexibility index (Phi) is 6.56. The van der Waals surface area contributed by atoms with Gasteiger partial charge in [0.2, 0.25) is 0 Å². The van der Waals surface area contributed by atoms with E-state index in [1.165, 1.54) is 23.1 Å². The van der Waals surface area contributed by atoms with Crippen LogP contribution in [0.4, 0.5) is 16.2 Å². The molecule has 1 fully saturated rings. The lowest BCUT2D eigenvalue weighted by Crippen LogP contribution is -2.39. The number of rotatable bonds is 3. The van der Waals surface area contributed by atoms with Crippen LogP contribution in [-0.2, 0) is 0 Å². The van der Waals surface area contributed by atoms with E-state index in [0.29, 0.717) is 36.8 Å². The molecule has 0 atom stereocenters. The molecule has 1 saturated heterocycles. The summed E-state index contributed by atoms with van der Waals surface area (Å²) in [6, 6.07) is 10.5. The van der Waals surface area contributed by atoms with Gasteiger partial charge in [-0.1, -0.05) is 23.2 Å². The quantitative estimate of drug-likeness (QED) is 0.573. The summed E-state index contributed by atoms with van der Waals surface area (Å²) in [6.45, 7) is 1.44. The number of nitrogens with zero attached hydrogens (tertiary/aromatic N) is 3. The zero-order valence-electron chi connectivity index (χ0n) is 15.3. The van der Waals surface area contributed by atoms with E-state index in [1.807, 2.05) is 0 Å². The molecule has 0 unspecified atom stereocenters. The van der Waals surface area contributed by atoms with E-state index in [0.717, 1.165) is 0 Å². The summed E-state index contributed by atoms with van der Waals surface area (Å²) in [6.07, 6.45) is 0.557. The van der Waals surface area contributed by atoms with Crippen molar-refractivity contribution in [1.29, 1.82) is 0 Å². The van der Waals surface area contributed by atoms with E-state index >= 15 is 0 Å². The number of urea groups is 1. The molecular weight excluding hydrogens is 419 g/mol. The number of carbonyl (C=O) groups excluding carboxylic acids is 2. The van der Waals surface area contributed by atoms with Crippen LogP contribution in [0.2, 0.25) is 10.0 Å². The van der Waals surface area contributed by atoms with Crippen LogP contribution >= 0.6 is 23.2 Å². The molecule has 0 spiro atoms. The fourth-order valence-corrected chi connectivity index (χ4v) is 3.36. The fraction of sp³-hybridized carbons (Fsp3) is 0.263. The maximum absolute atomic E-state index is 12.8. The first-order valence-electron chi connectivity index (χ1n) is 8.90. The molecule has 0 aromatic heterocycles. The number of hydrogen-bond donors (Lipinski definition) is 1. The van der Waals surface area contributed by atoms with Crippen molar-refractivity contribution in [3.63, 3.8) is 0 Å². The number of carbonyl (C=O) groups is 2. The van der Waals surface area contributed by atoms with E-state index < -0.39 is 10.8 Å². The highest BCUT2D eigenvalue weighted by Crippen LogP contribution is 2.25. The highest BCUT2D eigenvalue weighted by molar-refractivity contribution is 6.31. The van der Waals surface area contributed by atoms with Gasteiger partial charge in [-0.15, -0.1) is 0 Å². The summed E-state index contributed by atoms with van der Waals surface area (Å²) in [5.74, 6) is -0.451. The van der Waals surface area contributed by atoms with Crippen molar-refractivity contribution in [1.82, 2.24) is 9.80 Å². The first-order chi connectivity index (χ1) is 13.8. The van der Waals surface area contributed by atoms with Crippen molar-refractivity contribution < 1.29 is 14.5 Å². The highest BCUT2D eigenvalue weighted by Gasteiger charge is 2.27. The monoisotopic (exact) mass is 436 g/mol. The van der Waals surface area contributed by atoms with Gasteiger partial charge in [-0.25, -0.2) is 4.79 Å². The average Bonchev–Trinajstić information content (AvgIpc) is 2.95. The van der Waals surface area contributed by atoms with Crippen molar-refractivity contribution in [2.24, 2.45) is 0 Å². The van der Waals surface area contributed by atoms with Crippen LogP contribution in [0, 0.1) is 10.1 Å². The van der Waals surface area contributed by atoms with Gasteiger partial charge in [-0.2, -0.15) is 0 Å². The molecule has 10 heteroatoms. The Morgan fingerprint density at radius 3 is 2.24 bits per heavy atom. The van der Waals surface area contributed by atoms with Crippen LogP contribution in [0.25, 0.3) is 0 Å². The number of anilines is 1. The number of halogens is 2. The Bertz CT molecular complexity index is 936. The van der Waals surface area contributed by atoms with Gasteiger partial charge in [-0.05, 0) is 42.8 Å². The van der Waals surface area contributed by atoms with Crippen molar-refractivity contribution in [2.75, 3.05) is 31.5 Å². The first-order valence-corrected chi connectivity index (χ1v) is 9.65. The predicted molar refractivity (Wildman–Crippen MR) is 111 cm³/mol. The van der Waals surface area contributed by atoms with Crippen LogP contribution in [0.15, 0.2) is 42.5 Å². The van der Waals surface area contributed by atoms with Crippen LogP contribution in [-0.4, -0.2) is 52.8 Å². The summed E-state index contributed by atoms with van der Waals surface area (Å²) in [5.41, 5.74) is 0.274. The van der Waals surface area contributed by atoms with Gasteiger partial charge in [0.25, 0.3) is 11.6 Å². The second kappa shape index (κ2) is 9.11. The predicted octanol–water partition coefficient (Wildman–Crippen LogP) is 4.28. The second-order valence-corrected chi connectivity index (χ2v) is 7.36. The second-order valence-electron chi connectivity index (χ2n) is 6.49. The van der Waals surface area contributed by atoms with E-state index in [2.05, 4.69) is 5.32 Å². The number of nitro benzene ring substituents is 1. The lowest BCUT2D eigenvalue weighted by molar-refractivity contribution is -0.385. The number of nitro groups is 1. The topological polar surface area (TPSA) is 95.8 Å². The Labute approximate surface area is 177 Å². The Balaban J connectivity index is 1.66. The van der Waals surface area contributed by atoms with Gasteiger partial charge in [0.05, 0.1) is 4.92 Å². The maximum Gasteiger partial charge on any atom is 0.321 e. The standard InChI is InChI=1S/C19H18Cl2N4O4/c20-13-2-5-15(6-3-13)22-19(27)24-9-1-8-23(10-11-24)18(26)16-7-4-14(21)12-17(16)25(28)29/h2-7,12H,1,8-11H2,(H,22,27). The average molecular weight is 437 g/mol. The molecule has 0 aliphatic carbocycles. The van der Waals surface area contributed by atoms with E-state index in [1.54, 1.807) is 29.2 Å². The highest BCUT2D eigenvalue weighted by atomic mass is 35.5. The third kappa shape index (κ3) is 5.16. The molecule has 2 aromatic carbocycles. The Morgan fingerprint density at radius 2 is 1.55 bits per heavy atom. The number of benzene rings is 2. The maximum atomic E-state index is 12.8. The molecular formula is C19H18Cl2N4O4. The summed E-state index contributed by atoms with van der Waals surface area (Å²) in [4.78, 5) is 39.1. The minimum atomic E-state index is -0.622. The molecule has 3 amide bonds. The summed E-state index contributed by atoms with van der Waals surface area (Å²) < 4.78 is 0. The zero-order chi connectivity index (χ0) is 21.0. The largest absolute Gasteiger partial charge is 0.337 e. The molecule has 1 heterocycles. The van der Waals surface area contributed by atoms with Gasteiger partial charge in [-0.3, -0.25) is 14.9 Å². The van der Waals surface area contributed by atoms with Gasteiger partial charge < -0.3 is 15.1 Å². The smallest absolute Gasteiger partial charge is 0.321 e. The van der Waals surface area contributed by atoms with Crippen LogP contribution in [0.5, 0.6) is 0 Å². The van der Waals surface area contributed by atoms with E-state index in [-0.39, 0.29) is 28.8 Å². The molecule has 1 N–H and O–H groups in total. The molecule has 152 valence electrons. The Hall–Kier alpha value is -2.84. The van der Waals surface area contributed by atoms with Gasteiger partial charge in [0.1, 0.15) is 5.56 Å². The first kappa shape index (κ1) is 20.9. The lowest BCUT2D eigenvalue weighted by Gasteiger charge is -2.22. The van der Waals surface area contributed by atoms with E-state index in [4.69, 9.17) is 23.2 Å². The minimum absolute atomic E-state index is 0.0153. The Morgan fingerprint density at radius 1 is 0.931 bits per heavy atom. The molecule has 3 rings (SSSR count). The zero-order valence-corrected chi connectivity index (χ0v) is 16.8. The molecule has 8 nitrogen and oxygen atoms in total. The van der Waals surface area contributed by atoms with Gasteiger partial charge in [0, 0.05) is 48.0 Å². The SMILES string of the molecule is O=C(Nc1ccc(Cl)cc1)N1CCCN(C(=O)c2ccc(Cl)cc2[N+](=O)[O-])CC1. The fourth-order valence-electron chi connectivity index (χ4n) is 3.07. The van der Waals surface area contributed by atoms with Crippen molar-refractivity contribution in [3.8, 4) is 0 Å². The summed E-state index contributed by atoms with van der Waals surface area (Å²) in [7, 11) is 0. The summed E-state index contributed by atoms with van der Waals surface area (Å²) >= 11 is 11.7. The van der Waals surface area contributed by atoms with Crippen LogP contribution in [0.1, 0.15) is 16.8 Å². The van der Waals surface area contributed by atoms with Crippen molar-refractivity contribution in [3.05, 3.63) is 68.2 Å². The number of amides is 3. The van der Waals surface area contributed by atoms with Crippen LogP contribution in [0.3, 0.4) is 0 Å². The van der Waals surface area contributed by atoms with E-state index in [9.17, 15) is 19.7 Å². The molecule has 0 radical (unpaired) electrons. The molecule has 29 heavy (non-hydrogen) atoms. The number of nitrogens with one attached hydrogen (secondary N) is 1. The van der Waals surface area contributed by atoms with Crippen molar-refractivity contribution >= 4 is 46.5 Å². The molecule has 0 bridgehead atoms. The molecule has 0 saturated carbocycles. The summed E-state index contributed by atoms with van der Waals surface area (Å²) in [5, 5.41) is 14.8. The number of hydrogen-bond acceptors (Lipinski definition) is 4. The lowest BCUT2D eigenvalue weighted by atomic mass is 10.1. The molecule has 1 aliphatic rings. The van der Waals surface area contributed by atoms with Crippen LogP contribution < -0.4 is 5.32 Å². The molecule has 1 aliphatic heterocycles. The van der Waals surface area contributed by atoms with Gasteiger partial charge >= 0.3 is 6.03 Å². The normalized spacial score (nSPS) is 14.3. The third-order valence-corrected chi connectivity index (χ3v) is 5.04.